The monoisotopic (exact) mass is 411 g/mol. The van der Waals surface area contributed by atoms with Crippen molar-refractivity contribution in [1.82, 2.24) is 24.1 Å². The van der Waals surface area contributed by atoms with E-state index in [4.69, 9.17) is 4.74 Å². The van der Waals surface area contributed by atoms with E-state index in [1.54, 1.807) is 15.4 Å². The Labute approximate surface area is 166 Å². The number of rotatable bonds is 6. The molecule has 2 saturated heterocycles. The number of hydrogen-bond donors (Lipinski definition) is 0. The van der Waals surface area contributed by atoms with Gasteiger partial charge in [0.2, 0.25) is 10.0 Å². The van der Waals surface area contributed by atoms with E-state index in [-0.39, 0.29) is 11.9 Å². The molecule has 9 nitrogen and oxygen atoms in total. The Morgan fingerprint density at radius 1 is 1.25 bits per heavy atom. The lowest BCUT2D eigenvalue weighted by Crippen LogP contribution is -2.53. The Kier molecular flexibility index (Phi) is 6.97. The maximum Gasteiger partial charge on any atom is 0.274 e. The van der Waals surface area contributed by atoms with E-state index < -0.39 is 10.0 Å². The topological polar surface area (TPSA) is 95.9 Å². The molecule has 1 aromatic heterocycles. The van der Waals surface area contributed by atoms with E-state index in [1.165, 1.54) is 12.5 Å². The maximum atomic E-state index is 12.8. The van der Waals surface area contributed by atoms with Gasteiger partial charge in [0.05, 0.1) is 31.4 Å². The van der Waals surface area contributed by atoms with Crippen LogP contribution in [-0.2, 0) is 14.8 Å². The van der Waals surface area contributed by atoms with E-state index in [0.29, 0.717) is 45.1 Å². The summed E-state index contributed by atoms with van der Waals surface area (Å²) in [4.78, 5) is 25.0. The second kappa shape index (κ2) is 9.25. The maximum absolute atomic E-state index is 12.8. The molecule has 0 spiro atoms. The first-order valence-electron chi connectivity index (χ1n) is 9.69. The number of amides is 1. The van der Waals surface area contributed by atoms with Crippen LogP contribution in [0.15, 0.2) is 12.4 Å². The lowest BCUT2D eigenvalue weighted by atomic mass is 10.1. The van der Waals surface area contributed by atoms with Crippen LogP contribution in [0.3, 0.4) is 0 Å². The van der Waals surface area contributed by atoms with Crippen molar-refractivity contribution in [1.29, 1.82) is 0 Å². The summed E-state index contributed by atoms with van der Waals surface area (Å²) in [6.45, 7) is 6.90. The second-order valence-corrected chi connectivity index (χ2v) is 9.35. The number of morpholine rings is 1. The van der Waals surface area contributed by atoms with Crippen LogP contribution in [0.1, 0.15) is 29.0 Å². The third kappa shape index (κ3) is 5.47. The predicted octanol–water partition coefficient (Wildman–Crippen LogP) is -0.0166. The number of sulfonamides is 1. The zero-order chi connectivity index (χ0) is 20.1. The number of carbonyl (C=O) groups is 1. The van der Waals surface area contributed by atoms with Crippen molar-refractivity contribution in [2.24, 2.45) is 0 Å². The molecule has 0 aromatic carbocycles. The molecular formula is C18H29N5O4S. The summed E-state index contributed by atoms with van der Waals surface area (Å²) in [7, 11) is -3.38. The van der Waals surface area contributed by atoms with Crippen LogP contribution in [0.25, 0.3) is 0 Å². The summed E-state index contributed by atoms with van der Waals surface area (Å²) >= 11 is 0. The number of ether oxygens (including phenoxy) is 1. The van der Waals surface area contributed by atoms with Gasteiger partial charge in [0.25, 0.3) is 5.91 Å². The van der Waals surface area contributed by atoms with Crippen LogP contribution in [-0.4, -0.2) is 103 Å². The fraction of sp³-hybridized carbons (Fsp3) is 0.722. The Balaban J connectivity index is 1.66. The average Bonchev–Trinajstić information content (AvgIpc) is 2.68. The highest BCUT2D eigenvalue weighted by atomic mass is 32.2. The quantitative estimate of drug-likeness (QED) is 0.649. The highest BCUT2D eigenvalue weighted by molar-refractivity contribution is 7.88. The van der Waals surface area contributed by atoms with Crippen LogP contribution >= 0.6 is 0 Å². The molecule has 1 unspecified atom stereocenters. The molecule has 3 rings (SSSR count). The average molecular weight is 412 g/mol. The van der Waals surface area contributed by atoms with Gasteiger partial charge in [0.15, 0.2) is 0 Å². The Bertz CT molecular complexity index is 765. The first kappa shape index (κ1) is 21.1. The van der Waals surface area contributed by atoms with Gasteiger partial charge in [0.1, 0.15) is 5.69 Å². The van der Waals surface area contributed by atoms with Gasteiger partial charge >= 0.3 is 0 Å². The first-order chi connectivity index (χ1) is 13.3. The van der Waals surface area contributed by atoms with Crippen molar-refractivity contribution >= 4 is 15.9 Å². The summed E-state index contributed by atoms with van der Waals surface area (Å²) in [6.07, 6.45) is 5.81. The van der Waals surface area contributed by atoms with Crippen molar-refractivity contribution in [3.05, 3.63) is 23.8 Å². The standard InChI is InChI=1S/C18H29N5O4S/c1-15-12-20-17(13-19-15)18(24)22-5-3-4-16(14-22)23(28(2,25)26)7-6-21-8-10-27-11-9-21/h12-13,16H,3-11,14H2,1-2H3. The summed E-state index contributed by atoms with van der Waals surface area (Å²) in [5.41, 5.74) is 1.05. The van der Waals surface area contributed by atoms with Gasteiger partial charge in [-0.2, -0.15) is 4.31 Å². The van der Waals surface area contributed by atoms with E-state index in [1.807, 2.05) is 6.92 Å². The fourth-order valence-corrected chi connectivity index (χ4v) is 4.85. The molecule has 10 heteroatoms. The molecule has 156 valence electrons. The first-order valence-corrected chi connectivity index (χ1v) is 11.5. The normalized spacial score (nSPS) is 21.8. The number of piperidine rings is 1. The summed E-state index contributed by atoms with van der Waals surface area (Å²) in [6, 6.07) is -0.216. The molecule has 0 aliphatic carbocycles. The highest BCUT2D eigenvalue weighted by Crippen LogP contribution is 2.20. The molecule has 1 atom stereocenters. The number of nitrogens with zero attached hydrogens (tertiary/aromatic N) is 5. The highest BCUT2D eigenvalue weighted by Gasteiger charge is 2.33. The lowest BCUT2D eigenvalue weighted by molar-refractivity contribution is 0.0334. The largest absolute Gasteiger partial charge is 0.379 e. The molecule has 2 fully saturated rings. The van der Waals surface area contributed by atoms with Crippen molar-refractivity contribution in [2.75, 3.05) is 58.7 Å². The van der Waals surface area contributed by atoms with Crippen LogP contribution in [0.4, 0.5) is 0 Å². The molecule has 2 aliphatic heterocycles. The Morgan fingerprint density at radius 2 is 2.00 bits per heavy atom. The van der Waals surface area contributed by atoms with Crippen molar-refractivity contribution < 1.29 is 17.9 Å². The molecular weight excluding hydrogens is 382 g/mol. The minimum atomic E-state index is -3.38. The summed E-state index contributed by atoms with van der Waals surface area (Å²) in [5.74, 6) is -0.196. The molecule has 28 heavy (non-hydrogen) atoms. The number of aryl methyl sites for hydroxylation is 1. The zero-order valence-electron chi connectivity index (χ0n) is 16.6. The minimum absolute atomic E-state index is 0.196. The van der Waals surface area contributed by atoms with Gasteiger partial charge in [-0.1, -0.05) is 0 Å². The molecule has 2 aliphatic rings. The fourth-order valence-electron chi connectivity index (χ4n) is 3.72. The van der Waals surface area contributed by atoms with Crippen LogP contribution in [0, 0.1) is 6.92 Å². The third-order valence-corrected chi connectivity index (χ3v) is 6.59. The second-order valence-electron chi connectivity index (χ2n) is 7.42. The molecule has 1 amide bonds. The SMILES string of the molecule is Cc1cnc(C(=O)N2CCCC(N(CCN3CCOCC3)S(C)(=O)=O)C2)cn1. The summed E-state index contributed by atoms with van der Waals surface area (Å²) < 4.78 is 31.8. The third-order valence-electron chi connectivity index (χ3n) is 5.26. The van der Waals surface area contributed by atoms with E-state index in [0.717, 1.165) is 31.6 Å². The van der Waals surface area contributed by atoms with E-state index in [9.17, 15) is 13.2 Å². The molecule has 0 N–H and O–H groups in total. The number of hydrogen-bond acceptors (Lipinski definition) is 7. The van der Waals surface area contributed by atoms with E-state index in [2.05, 4.69) is 14.9 Å². The van der Waals surface area contributed by atoms with Crippen LogP contribution in [0.2, 0.25) is 0 Å². The van der Waals surface area contributed by atoms with Gasteiger partial charge in [-0.25, -0.2) is 13.4 Å². The van der Waals surface area contributed by atoms with Crippen LogP contribution < -0.4 is 0 Å². The van der Waals surface area contributed by atoms with Gasteiger partial charge < -0.3 is 9.64 Å². The van der Waals surface area contributed by atoms with Gasteiger partial charge in [-0.3, -0.25) is 14.7 Å². The number of aromatic nitrogens is 2. The molecule has 0 radical (unpaired) electrons. The summed E-state index contributed by atoms with van der Waals surface area (Å²) in [5, 5.41) is 0. The molecule has 0 saturated carbocycles. The minimum Gasteiger partial charge on any atom is -0.379 e. The molecule has 3 heterocycles. The molecule has 1 aromatic rings. The molecule has 0 bridgehead atoms. The van der Waals surface area contributed by atoms with E-state index >= 15 is 0 Å². The van der Waals surface area contributed by atoms with Gasteiger partial charge in [-0.05, 0) is 19.8 Å². The number of likely N-dealkylation sites (tertiary alicyclic amines) is 1. The Hall–Kier alpha value is -1.62. The predicted molar refractivity (Wildman–Crippen MR) is 105 cm³/mol. The van der Waals surface area contributed by atoms with Crippen LogP contribution in [0.5, 0.6) is 0 Å². The van der Waals surface area contributed by atoms with Crippen molar-refractivity contribution in [3.8, 4) is 0 Å². The number of carbonyl (C=O) groups excluding carboxylic acids is 1. The lowest BCUT2D eigenvalue weighted by Gasteiger charge is -2.39. The smallest absolute Gasteiger partial charge is 0.274 e. The Morgan fingerprint density at radius 3 is 2.64 bits per heavy atom. The zero-order valence-corrected chi connectivity index (χ0v) is 17.4. The van der Waals surface area contributed by atoms with Gasteiger partial charge in [0, 0.05) is 51.5 Å². The van der Waals surface area contributed by atoms with Crippen molar-refractivity contribution in [2.45, 2.75) is 25.8 Å². The van der Waals surface area contributed by atoms with Crippen molar-refractivity contribution in [3.63, 3.8) is 0 Å². The van der Waals surface area contributed by atoms with Gasteiger partial charge in [-0.15, -0.1) is 0 Å².